The Morgan fingerprint density at radius 3 is 2.44 bits per heavy atom. The molecule has 1 aliphatic heterocycles. The Kier molecular flexibility index (Phi) is 7.11. The Labute approximate surface area is 198 Å². The highest BCUT2D eigenvalue weighted by molar-refractivity contribution is 5.94. The van der Waals surface area contributed by atoms with Crippen LogP contribution in [0.4, 0.5) is 4.39 Å². The minimum Gasteiger partial charge on any atom is -0.497 e. The third-order valence-corrected chi connectivity index (χ3v) is 5.95. The third-order valence-electron chi connectivity index (χ3n) is 5.95. The van der Waals surface area contributed by atoms with Crippen LogP contribution in [0.2, 0.25) is 0 Å². The zero-order valence-electron chi connectivity index (χ0n) is 19.2. The van der Waals surface area contributed by atoms with Crippen LogP contribution in [0.1, 0.15) is 34.5 Å². The molecule has 0 aliphatic carbocycles. The van der Waals surface area contributed by atoms with E-state index in [0.29, 0.717) is 36.5 Å². The van der Waals surface area contributed by atoms with Gasteiger partial charge in [-0.05, 0) is 53.6 Å². The van der Waals surface area contributed by atoms with Crippen molar-refractivity contribution < 1.29 is 23.5 Å². The van der Waals surface area contributed by atoms with E-state index in [2.05, 4.69) is 0 Å². The molecule has 1 atom stereocenters. The minimum atomic E-state index is -0.318. The van der Waals surface area contributed by atoms with E-state index in [1.165, 1.54) is 12.1 Å². The molecular formula is C27H27FN2O4. The summed E-state index contributed by atoms with van der Waals surface area (Å²) in [5.41, 5.74) is 2.15. The van der Waals surface area contributed by atoms with E-state index < -0.39 is 0 Å². The Morgan fingerprint density at radius 1 is 0.971 bits per heavy atom. The summed E-state index contributed by atoms with van der Waals surface area (Å²) >= 11 is 0. The van der Waals surface area contributed by atoms with E-state index in [4.69, 9.17) is 9.47 Å². The predicted octanol–water partition coefficient (Wildman–Crippen LogP) is 4.46. The number of carbonyl (C=O) groups is 2. The number of carbonyl (C=O) groups excluding carboxylic acids is 2. The van der Waals surface area contributed by atoms with E-state index in [9.17, 15) is 14.0 Å². The van der Waals surface area contributed by atoms with Crippen LogP contribution in [0.3, 0.4) is 0 Å². The molecule has 1 heterocycles. The van der Waals surface area contributed by atoms with Crippen LogP contribution in [-0.2, 0) is 11.4 Å². The average Bonchev–Trinajstić information content (AvgIpc) is 2.87. The van der Waals surface area contributed by atoms with Gasteiger partial charge in [-0.2, -0.15) is 0 Å². The highest BCUT2D eigenvalue weighted by Gasteiger charge is 2.32. The lowest BCUT2D eigenvalue weighted by Crippen LogP contribution is -2.51. The molecule has 0 radical (unpaired) electrons. The molecule has 7 heteroatoms. The van der Waals surface area contributed by atoms with Gasteiger partial charge < -0.3 is 19.3 Å². The molecule has 0 N–H and O–H groups in total. The van der Waals surface area contributed by atoms with Crippen molar-refractivity contribution in [2.24, 2.45) is 0 Å². The number of benzene rings is 3. The smallest absolute Gasteiger partial charge is 0.254 e. The quantitative estimate of drug-likeness (QED) is 0.543. The molecular weight excluding hydrogens is 435 g/mol. The summed E-state index contributed by atoms with van der Waals surface area (Å²) in [7, 11) is 1.61. The van der Waals surface area contributed by atoms with Gasteiger partial charge in [0.05, 0.1) is 13.2 Å². The normalized spacial score (nSPS) is 15.7. The SMILES string of the molecule is COc1ccc(C2CN(C(=O)c3cccc(OCc4cccc(F)c4)c3)CCN2C(C)=O)cc1. The Morgan fingerprint density at radius 2 is 1.74 bits per heavy atom. The summed E-state index contributed by atoms with van der Waals surface area (Å²) in [5, 5.41) is 0. The maximum Gasteiger partial charge on any atom is 0.254 e. The summed E-state index contributed by atoms with van der Waals surface area (Å²) in [6.45, 7) is 3.03. The number of rotatable bonds is 6. The summed E-state index contributed by atoms with van der Waals surface area (Å²) in [6.07, 6.45) is 0. The van der Waals surface area contributed by atoms with Crippen molar-refractivity contribution in [1.29, 1.82) is 0 Å². The molecule has 4 rings (SSSR count). The first-order chi connectivity index (χ1) is 16.4. The molecule has 176 valence electrons. The molecule has 0 aromatic heterocycles. The van der Waals surface area contributed by atoms with Gasteiger partial charge in [0.1, 0.15) is 23.9 Å². The van der Waals surface area contributed by atoms with E-state index in [0.717, 1.165) is 11.3 Å². The Bertz CT molecular complexity index is 1170. The monoisotopic (exact) mass is 462 g/mol. The second-order valence-corrected chi connectivity index (χ2v) is 8.20. The van der Waals surface area contributed by atoms with Crippen molar-refractivity contribution in [2.45, 2.75) is 19.6 Å². The number of piperazine rings is 1. The number of hydrogen-bond acceptors (Lipinski definition) is 4. The van der Waals surface area contributed by atoms with Crippen molar-refractivity contribution >= 4 is 11.8 Å². The van der Waals surface area contributed by atoms with Crippen LogP contribution in [0.25, 0.3) is 0 Å². The molecule has 3 aromatic carbocycles. The first-order valence-corrected chi connectivity index (χ1v) is 11.1. The summed E-state index contributed by atoms with van der Waals surface area (Å²) in [4.78, 5) is 29.1. The topological polar surface area (TPSA) is 59.1 Å². The van der Waals surface area contributed by atoms with Crippen molar-refractivity contribution in [3.8, 4) is 11.5 Å². The fourth-order valence-electron chi connectivity index (χ4n) is 4.15. The van der Waals surface area contributed by atoms with Crippen molar-refractivity contribution in [3.05, 3.63) is 95.3 Å². The van der Waals surface area contributed by atoms with Crippen LogP contribution in [0.5, 0.6) is 11.5 Å². The lowest BCUT2D eigenvalue weighted by Gasteiger charge is -2.41. The first kappa shape index (κ1) is 23.3. The first-order valence-electron chi connectivity index (χ1n) is 11.1. The average molecular weight is 463 g/mol. The van der Waals surface area contributed by atoms with Gasteiger partial charge >= 0.3 is 0 Å². The fourth-order valence-corrected chi connectivity index (χ4v) is 4.15. The highest BCUT2D eigenvalue weighted by atomic mass is 19.1. The summed E-state index contributed by atoms with van der Waals surface area (Å²) < 4.78 is 24.4. The van der Waals surface area contributed by atoms with Gasteiger partial charge in [0.25, 0.3) is 5.91 Å². The van der Waals surface area contributed by atoms with Crippen molar-refractivity contribution in [2.75, 3.05) is 26.7 Å². The predicted molar refractivity (Wildman–Crippen MR) is 126 cm³/mol. The van der Waals surface area contributed by atoms with Crippen LogP contribution >= 0.6 is 0 Å². The molecule has 0 saturated carbocycles. The Hall–Kier alpha value is -3.87. The second kappa shape index (κ2) is 10.4. The van der Waals surface area contributed by atoms with Crippen LogP contribution in [0, 0.1) is 5.82 Å². The molecule has 0 spiro atoms. The van der Waals surface area contributed by atoms with Gasteiger partial charge in [-0.15, -0.1) is 0 Å². The molecule has 3 aromatic rings. The summed E-state index contributed by atoms with van der Waals surface area (Å²) in [6, 6.07) is 20.5. The number of methoxy groups -OCH3 is 1. The Balaban J connectivity index is 1.48. The highest BCUT2D eigenvalue weighted by Crippen LogP contribution is 2.28. The molecule has 0 bridgehead atoms. The van der Waals surface area contributed by atoms with E-state index in [1.54, 1.807) is 60.2 Å². The van der Waals surface area contributed by atoms with Crippen LogP contribution in [-0.4, -0.2) is 48.4 Å². The van der Waals surface area contributed by atoms with Crippen molar-refractivity contribution in [1.82, 2.24) is 9.80 Å². The van der Waals surface area contributed by atoms with E-state index in [-0.39, 0.29) is 30.3 Å². The lowest BCUT2D eigenvalue weighted by atomic mass is 10.0. The molecule has 1 saturated heterocycles. The van der Waals surface area contributed by atoms with Crippen LogP contribution in [0.15, 0.2) is 72.8 Å². The summed E-state index contributed by atoms with van der Waals surface area (Å²) in [5.74, 6) is 0.792. The number of amides is 2. The maximum absolute atomic E-state index is 13.4. The van der Waals surface area contributed by atoms with Gasteiger partial charge in [-0.25, -0.2) is 4.39 Å². The molecule has 1 aliphatic rings. The molecule has 1 unspecified atom stereocenters. The molecule has 34 heavy (non-hydrogen) atoms. The third kappa shape index (κ3) is 5.36. The van der Waals surface area contributed by atoms with Gasteiger partial charge in [-0.1, -0.05) is 30.3 Å². The standard InChI is InChI=1S/C27H27FN2O4/c1-19(31)30-14-13-29(17-26(30)21-9-11-24(33-2)12-10-21)27(32)22-6-4-8-25(16-22)34-18-20-5-3-7-23(28)15-20/h3-12,15-16,26H,13-14,17-18H2,1-2H3. The fraction of sp³-hybridized carbons (Fsp3) is 0.259. The van der Waals surface area contributed by atoms with Gasteiger partial charge in [0.15, 0.2) is 0 Å². The molecule has 1 fully saturated rings. The number of ether oxygens (including phenoxy) is 2. The number of nitrogens with zero attached hydrogens (tertiary/aromatic N) is 2. The number of halogens is 1. The van der Waals surface area contributed by atoms with Crippen molar-refractivity contribution in [3.63, 3.8) is 0 Å². The zero-order chi connectivity index (χ0) is 24.1. The maximum atomic E-state index is 13.4. The number of hydrogen-bond donors (Lipinski definition) is 0. The second-order valence-electron chi connectivity index (χ2n) is 8.20. The van der Waals surface area contributed by atoms with E-state index in [1.807, 2.05) is 24.3 Å². The molecule has 6 nitrogen and oxygen atoms in total. The van der Waals surface area contributed by atoms with Gasteiger partial charge in [-0.3, -0.25) is 9.59 Å². The zero-order valence-corrected chi connectivity index (χ0v) is 19.2. The molecule has 2 amide bonds. The van der Waals surface area contributed by atoms with Gasteiger partial charge in [0.2, 0.25) is 5.91 Å². The van der Waals surface area contributed by atoms with Crippen LogP contribution < -0.4 is 9.47 Å². The van der Waals surface area contributed by atoms with E-state index >= 15 is 0 Å². The van der Waals surface area contributed by atoms with Gasteiger partial charge in [0, 0.05) is 32.1 Å². The largest absolute Gasteiger partial charge is 0.497 e. The minimum absolute atomic E-state index is 0.0272. The lowest BCUT2D eigenvalue weighted by molar-refractivity contribution is -0.133.